The highest BCUT2D eigenvalue weighted by atomic mass is 35.5. The second-order valence-corrected chi connectivity index (χ2v) is 4.54. The Morgan fingerprint density at radius 3 is 2.60 bits per heavy atom. The molecule has 5 heteroatoms. The minimum absolute atomic E-state index is 0.0379. The van der Waals surface area contributed by atoms with Crippen LogP contribution in [0.5, 0.6) is 5.75 Å². The number of halogens is 2. The highest BCUT2D eigenvalue weighted by molar-refractivity contribution is 6.32. The Bertz CT molecular complexity index is 604. The van der Waals surface area contributed by atoms with Crippen LogP contribution in [0.25, 0.3) is 0 Å². The normalized spacial score (nSPS) is 11.8. The lowest BCUT2D eigenvalue weighted by Gasteiger charge is -2.12. The molecule has 1 atom stereocenters. The number of alkyl halides is 1. The molecule has 2 aromatic rings. The molecule has 0 spiro atoms. The summed E-state index contributed by atoms with van der Waals surface area (Å²) in [4.78, 5) is 12.0. The van der Waals surface area contributed by atoms with Gasteiger partial charge in [-0.15, -0.1) is 11.6 Å². The van der Waals surface area contributed by atoms with Crippen molar-refractivity contribution < 1.29 is 13.9 Å². The van der Waals surface area contributed by atoms with Gasteiger partial charge in [-0.1, -0.05) is 30.3 Å². The third-order valence-corrected chi connectivity index (χ3v) is 3.20. The van der Waals surface area contributed by atoms with Gasteiger partial charge in [0.1, 0.15) is 16.9 Å². The molecule has 104 valence electrons. The molecular weight excluding hydrogens is 281 g/mol. The van der Waals surface area contributed by atoms with Gasteiger partial charge in [0, 0.05) is 6.07 Å². The zero-order valence-corrected chi connectivity index (χ0v) is 11.5. The van der Waals surface area contributed by atoms with Crippen molar-refractivity contribution in [2.75, 3.05) is 12.4 Å². The molecule has 0 aliphatic heterocycles. The summed E-state index contributed by atoms with van der Waals surface area (Å²) >= 11 is 6.07. The number of rotatable bonds is 4. The average Bonchev–Trinajstić information content (AvgIpc) is 2.49. The van der Waals surface area contributed by atoms with E-state index in [1.165, 1.54) is 25.3 Å². The van der Waals surface area contributed by atoms with E-state index in [4.69, 9.17) is 16.3 Å². The van der Waals surface area contributed by atoms with Crippen molar-refractivity contribution in [2.45, 2.75) is 5.38 Å². The Balaban J connectivity index is 2.15. The molecule has 0 radical (unpaired) electrons. The van der Waals surface area contributed by atoms with Crippen molar-refractivity contribution in [3.8, 4) is 5.75 Å². The number of anilines is 1. The van der Waals surface area contributed by atoms with Crippen LogP contribution in [0.2, 0.25) is 0 Å². The first kappa shape index (κ1) is 14.3. The quantitative estimate of drug-likeness (QED) is 0.872. The number of nitrogens with one attached hydrogen (secondary N) is 1. The molecule has 0 aromatic heterocycles. The average molecular weight is 294 g/mol. The number of hydrogen-bond donors (Lipinski definition) is 1. The van der Waals surface area contributed by atoms with E-state index in [1.54, 1.807) is 24.3 Å². The van der Waals surface area contributed by atoms with Gasteiger partial charge in [0.15, 0.2) is 0 Å². The Hall–Kier alpha value is -2.07. The van der Waals surface area contributed by atoms with Crippen LogP contribution in [0.4, 0.5) is 10.1 Å². The van der Waals surface area contributed by atoms with Crippen LogP contribution in [0, 0.1) is 5.82 Å². The van der Waals surface area contributed by atoms with Crippen LogP contribution in [0.15, 0.2) is 48.5 Å². The van der Waals surface area contributed by atoms with Crippen molar-refractivity contribution in [1.29, 1.82) is 0 Å². The largest absolute Gasteiger partial charge is 0.497 e. The molecule has 2 rings (SSSR count). The van der Waals surface area contributed by atoms with Crippen LogP contribution < -0.4 is 10.1 Å². The first-order valence-corrected chi connectivity index (χ1v) is 6.39. The fraction of sp³-hybridized carbons (Fsp3) is 0.133. The summed E-state index contributed by atoms with van der Waals surface area (Å²) in [5, 5.41) is 1.57. The van der Waals surface area contributed by atoms with Gasteiger partial charge < -0.3 is 10.1 Å². The summed E-state index contributed by atoms with van der Waals surface area (Å²) in [6, 6.07) is 13.0. The van der Waals surface area contributed by atoms with Crippen molar-refractivity contribution in [3.05, 3.63) is 59.9 Å². The van der Waals surface area contributed by atoms with Crippen molar-refractivity contribution in [2.24, 2.45) is 0 Å². The predicted molar refractivity (Wildman–Crippen MR) is 76.6 cm³/mol. The molecule has 1 amide bonds. The first-order valence-electron chi connectivity index (χ1n) is 5.95. The molecule has 0 saturated heterocycles. The third kappa shape index (κ3) is 3.27. The maximum atomic E-state index is 13.6. The van der Waals surface area contributed by atoms with Crippen LogP contribution in [-0.4, -0.2) is 13.0 Å². The monoisotopic (exact) mass is 293 g/mol. The predicted octanol–water partition coefficient (Wildman–Crippen LogP) is 3.75. The van der Waals surface area contributed by atoms with E-state index in [9.17, 15) is 9.18 Å². The molecule has 2 aromatic carbocycles. The van der Waals surface area contributed by atoms with Gasteiger partial charge in [-0.05, 0) is 17.7 Å². The van der Waals surface area contributed by atoms with Crippen molar-refractivity contribution in [1.82, 2.24) is 0 Å². The fourth-order valence-electron chi connectivity index (χ4n) is 1.70. The zero-order valence-electron chi connectivity index (χ0n) is 10.8. The van der Waals surface area contributed by atoms with Crippen molar-refractivity contribution in [3.63, 3.8) is 0 Å². The molecular formula is C15H13ClFNO2. The topological polar surface area (TPSA) is 38.3 Å². The lowest BCUT2D eigenvalue weighted by molar-refractivity contribution is -0.116. The number of hydrogen-bond acceptors (Lipinski definition) is 2. The molecule has 1 N–H and O–H groups in total. The molecule has 20 heavy (non-hydrogen) atoms. The Morgan fingerprint density at radius 2 is 1.95 bits per heavy atom. The lowest BCUT2D eigenvalue weighted by Crippen LogP contribution is -2.18. The standard InChI is InChI=1S/C15H13ClFNO2/c1-20-11-7-8-12(17)13(9-11)18-15(19)14(16)10-5-3-2-4-6-10/h2-9,14H,1H3,(H,18,19). The van der Waals surface area contributed by atoms with E-state index in [0.717, 1.165) is 0 Å². The molecule has 1 unspecified atom stereocenters. The van der Waals surface area contributed by atoms with E-state index >= 15 is 0 Å². The van der Waals surface area contributed by atoms with Gasteiger partial charge in [0.25, 0.3) is 0 Å². The summed E-state index contributed by atoms with van der Waals surface area (Å²) in [6.45, 7) is 0. The number of carbonyl (C=O) groups is 1. The first-order chi connectivity index (χ1) is 9.61. The third-order valence-electron chi connectivity index (χ3n) is 2.75. The zero-order chi connectivity index (χ0) is 14.5. The molecule has 0 heterocycles. The Kier molecular flexibility index (Phi) is 4.58. The van der Waals surface area contributed by atoms with Gasteiger partial charge >= 0.3 is 0 Å². The fourth-order valence-corrected chi connectivity index (χ4v) is 1.90. The number of amides is 1. The minimum atomic E-state index is -0.887. The SMILES string of the molecule is COc1ccc(F)c(NC(=O)C(Cl)c2ccccc2)c1. The Morgan fingerprint density at radius 1 is 1.25 bits per heavy atom. The summed E-state index contributed by atoms with van der Waals surface area (Å²) in [7, 11) is 1.47. The maximum Gasteiger partial charge on any atom is 0.247 e. The summed E-state index contributed by atoms with van der Waals surface area (Å²) in [5.41, 5.74) is 0.686. The molecule has 0 bridgehead atoms. The molecule has 0 saturated carbocycles. The molecule has 0 aliphatic carbocycles. The highest BCUT2D eigenvalue weighted by Crippen LogP contribution is 2.25. The van der Waals surface area contributed by atoms with Crippen LogP contribution >= 0.6 is 11.6 Å². The van der Waals surface area contributed by atoms with Gasteiger partial charge in [0.2, 0.25) is 5.91 Å². The number of ether oxygens (including phenoxy) is 1. The van der Waals surface area contributed by atoms with Crippen LogP contribution in [0.3, 0.4) is 0 Å². The molecule has 3 nitrogen and oxygen atoms in total. The summed E-state index contributed by atoms with van der Waals surface area (Å²) in [5.74, 6) is -0.589. The summed E-state index contributed by atoms with van der Waals surface area (Å²) in [6.07, 6.45) is 0. The van der Waals surface area contributed by atoms with E-state index in [0.29, 0.717) is 11.3 Å². The summed E-state index contributed by atoms with van der Waals surface area (Å²) < 4.78 is 18.6. The van der Waals surface area contributed by atoms with Gasteiger partial charge in [-0.2, -0.15) is 0 Å². The second kappa shape index (κ2) is 6.39. The van der Waals surface area contributed by atoms with E-state index in [1.807, 2.05) is 6.07 Å². The number of benzene rings is 2. The Labute approximate surface area is 121 Å². The van der Waals surface area contributed by atoms with E-state index < -0.39 is 17.1 Å². The highest BCUT2D eigenvalue weighted by Gasteiger charge is 2.18. The van der Waals surface area contributed by atoms with E-state index in [-0.39, 0.29) is 5.69 Å². The lowest BCUT2D eigenvalue weighted by atomic mass is 10.1. The molecule has 0 fully saturated rings. The molecule has 0 aliphatic rings. The smallest absolute Gasteiger partial charge is 0.247 e. The number of methoxy groups -OCH3 is 1. The van der Waals surface area contributed by atoms with E-state index in [2.05, 4.69) is 5.32 Å². The van der Waals surface area contributed by atoms with Crippen LogP contribution in [0.1, 0.15) is 10.9 Å². The second-order valence-electron chi connectivity index (χ2n) is 4.11. The minimum Gasteiger partial charge on any atom is -0.497 e. The van der Waals surface area contributed by atoms with Crippen LogP contribution in [-0.2, 0) is 4.79 Å². The van der Waals surface area contributed by atoms with Gasteiger partial charge in [-0.3, -0.25) is 4.79 Å². The van der Waals surface area contributed by atoms with Gasteiger partial charge in [0.05, 0.1) is 12.8 Å². The number of carbonyl (C=O) groups excluding carboxylic acids is 1. The van der Waals surface area contributed by atoms with Gasteiger partial charge in [-0.25, -0.2) is 4.39 Å². The van der Waals surface area contributed by atoms with Crippen molar-refractivity contribution >= 4 is 23.2 Å². The maximum absolute atomic E-state index is 13.6.